The van der Waals surface area contributed by atoms with E-state index in [0.717, 1.165) is 24.0 Å². The van der Waals surface area contributed by atoms with Crippen molar-refractivity contribution in [2.75, 3.05) is 13.1 Å². The molecule has 2 heterocycles. The molecule has 1 spiro atoms. The summed E-state index contributed by atoms with van der Waals surface area (Å²) in [4.78, 5) is 49.3. The fourth-order valence-electron chi connectivity index (χ4n) is 5.55. The van der Waals surface area contributed by atoms with E-state index < -0.39 is 54.6 Å². The molecule has 8 nitrogen and oxygen atoms in total. The molecule has 1 aliphatic heterocycles. The lowest BCUT2D eigenvalue weighted by atomic mass is 9.81. The maximum absolute atomic E-state index is 13.6. The number of benzene rings is 1. The Hall–Kier alpha value is -4.09. The van der Waals surface area contributed by atoms with Gasteiger partial charge in [-0.05, 0) is 50.0 Å². The number of rotatable bonds is 6. The fraction of sp³-hybridized carbons (Fsp3) is 0.393. The predicted molar refractivity (Wildman–Crippen MR) is 134 cm³/mol. The third-order valence-electron chi connectivity index (χ3n) is 7.79. The Morgan fingerprint density at radius 3 is 2.62 bits per heavy atom. The van der Waals surface area contributed by atoms with Crippen molar-refractivity contribution in [3.05, 3.63) is 77.2 Å². The Kier molecular flexibility index (Phi) is 6.97. The highest BCUT2D eigenvalue weighted by Crippen LogP contribution is 2.49. The minimum Gasteiger partial charge on any atom is -0.436 e. The minimum absolute atomic E-state index is 0.0748. The minimum atomic E-state index is -4.72. The second-order valence-electron chi connectivity index (χ2n) is 10.3. The van der Waals surface area contributed by atoms with Gasteiger partial charge in [-0.25, -0.2) is 19.2 Å². The molecule has 1 unspecified atom stereocenters. The molecule has 3 atom stereocenters. The number of amides is 2. The largest absolute Gasteiger partial charge is 0.436 e. The van der Waals surface area contributed by atoms with E-state index in [2.05, 4.69) is 9.97 Å². The van der Waals surface area contributed by atoms with Crippen LogP contribution in [0.2, 0.25) is 0 Å². The van der Waals surface area contributed by atoms with Crippen LogP contribution in [0, 0.1) is 18.7 Å². The predicted octanol–water partition coefficient (Wildman–Crippen LogP) is 4.40. The normalized spacial score (nSPS) is 23.1. The number of alkyl halides is 3. The summed E-state index contributed by atoms with van der Waals surface area (Å²) in [7, 11) is 0. The Labute approximate surface area is 227 Å². The van der Waals surface area contributed by atoms with Gasteiger partial charge < -0.3 is 9.64 Å². The number of Topliss-reactive ketones (excluding diaryl/α,β-unsaturated/α-hetero) is 1. The Morgan fingerprint density at radius 2 is 1.95 bits per heavy atom. The molecule has 5 rings (SSSR count). The van der Waals surface area contributed by atoms with Crippen molar-refractivity contribution in [1.82, 2.24) is 19.8 Å². The Balaban J connectivity index is 1.36. The van der Waals surface area contributed by atoms with E-state index in [1.807, 2.05) is 0 Å². The highest BCUT2D eigenvalue weighted by Gasteiger charge is 2.56. The van der Waals surface area contributed by atoms with Gasteiger partial charge in [0.2, 0.25) is 5.91 Å². The zero-order valence-corrected chi connectivity index (χ0v) is 21.7. The van der Waals surface area contributed by atoms with Gasteiger partial charge in [0.15, 0.2) is 11.4 Å². The standard InChI is InChI=1S/C28H26F4N4O4/c1-16-22(11-33-15-34-16)20-7-8-23-21(25(20)38)9-10-27(23)14-35(26(39)40-27)13-24(37)36(17(2)28(30,31)32)12-18-3-5-19(29)6-4-18/h3-8,11,15,17,21H,9-10,12-14H2,1-2H3/t17-,21?,27-/m0/s1. The SMILES string of the molecule is Cc1ncncc1C1=CC=C2C(CC[C@]23CN(CC(=O)N(Cc2ccc(F)cc2)[C@@H](C)C(F)(F)F)C(=O)O3)C1=O. The molecule has 1 aromatic carbocycles. The second-order valence-corrected chi connectivity index (χ2v) is 10.3. The van der Waals surface area contributed by atoms with Gasteiger partial charge in [0.25, 0.3) is 0 Å². The number of carbonyl (C=O) groups is 3. The van der Waals surface area contributed by atoms with Crippen LogP contribution in [0.25, 0.3) is 5.57 Å². The molecule has 1 aromatic heterocycles. The van der Waals surface area contributed by atoms with Crippen LogP contribution in [0.4, 0.5) is 22.4 Å². The molecule has 1 saturated heterocycles. The molecule has 12 heteroatoms. The maximum atomic E-state index is 13.6. The van der Waals surface area contributed by atoms with E-state index in [1.54, 1.807) is 25.3 Å². The van der Waals surface area contributed by atoms with Gasteiger partial charge in [0.05, 0.1) is 6.54 Å². The quantitative estimate of drug-likeness (QED) is 0.489. The summed E-state index contributed by atoms with van der Waals surface area (Å²) in [5.74, 6) is -2.19. The Bertz CT molecular complexity index is 1420. The van der Waals surface area contributed by atoms with Gasteiger partial charge in [-0.3, -0.25) is 14.5 Å². The van der Waals surface area contributed by atoms with Crippen molar-refractivity contribution in [2.24, 2.45) is 5.92 Å². The average Bonchev–Trinajstić information content (AvgIpc) is 3.42. The van der Waals surface area contributed by atoms with Crippen LogP contribution in [0.3, 0.4) is 0 Å². The van der Waals surface area contributed by atoms with Crippen LogP contribution < -0.4 is 0 Å². The number of hydrogen-bond donors (Lipinski definition) is 0. The lowest BCUT2D eigenvalue weighted by Crippen LogP contribution is -2.50. The number of carbonyl (C=O) groups excluding carboxylic acids is 3. The zero-order chi connectivity index (χ0) is 28.8. The van der Waals surface area contributed by atoms with Crippen molar-refractivity contribution in [3.63, 3.8) is 0 Å². The number of allylic oxidation sites excluding steroid dienone is 3. The van der Waals surface area contributed by atoms with Gasteiger partial charge in [-0.1, -0.05) is 24.3 Å². The van der Waals surface area contributed by atoms with Crippen molar-refractivity contribution < 1.29 is 36.7 Å². The third-order valence-corrected chi connectivity index (χ3v) is 7.79. The smallest absolute Gasteiger partial charge is 0.411 e. The van der Waals surface area contributed by atoms with Gasteiger partial charge >= 0.3 is 12.3 Å². The molecule has 0 N–H and O–H groups in total. The molecule has 2 amide bonds. The molecule has 0 bridgehead atoms. The first kappa shape index (κ1) is 27.5. The molecule has 3 aliphatic rings. The first-order chi connectivity index (χ1) is 18.9. The van der Waals surface area contributed by atoms with E-state index in [0.29, 0.717) is 45.7 Å². The molecule has 210 valence electrons. The van der Waals surface area contributed by atoms with E-state index in [4.69, 9.17) is 4.74 Å². The van der Waals surface area contributed by atoms with Crippen LogP contribution >= 0.6 is 0 Å². The maximum Gasteiger partial charge on any atom is 0.411 e. The summed E-state index contributed by atoms with van der Waals surface area (Å²) >= 11 is 0. The lowest BCUT2D eigenvalue weighted by Gasteiger charge is -2.32. The summed E-state index contributed by atoms with van der Waals surface area (Å²) in [5, 5.41) is 0. The van der Waals surface area contributed by atoms with E-state index in [-0.39, 0.29) is 12.3 Å². The molecular formula is C28H26F4N4O4. The van der Waals surface area contributed by atoms with Gasteiger partial charge in [0, 0.05) is 35.5 Å². The highest BCUT2D eigenvalue weighted by atomic mass is 19.4. The molecule has 2 aliphatic carbocycles. The number of fused-ring (bicyclic) bond motifs is 2. The molecule has 0 radical (unpaired) electrons. The Morgan fingerprint density at radius 1 is 1.23 bits per heavy atom. The van der Waals surface area contributed by atoms with Gasteiger partial charge in [0.1, 0.15) is 24.7 Å². The third kappa shape index (κ3) is 4.98. The zero-order valence-electron chi connectivity index (χ0n) is 21.7. The molecule has 2 fully saturated rings. The fourth-order valence-corrected chi connectivity index (χ4v) is 5.55. The first-order valence-corrected chi connectivity index (χ1v) is 12.7. The van der Waals surface area contributed by atoms with Crippen molar-refractivity contribution in [2.45, 2.75) is 51.1 Å². The second kappa shape index (κ2) is 10.1. The summed E-state index contributed by atoms with van der Waals surface area (Å²) in [6.45, 7) is 1.48. The summed E-state index contributed by atoms with van der Waals surface area (Å²) in [6, 6.07) is 2.64. The van der Waals surface area contributed by atoms with Crippen molar-refractivity contribution >= 4 is 23.4 Å². The molecule has 2 aromatic rings. The van der Waals surface area contributed by atoms with E-state index in [1.165, 1.54) is 18.5 Å². The number of nitrogens with zero attached hydrogens (tertiary/aromatic N) is 4. The van der Waals surface area contributed by atoms with Crippen molar-refractivity contribution in [1.29, 1.82) is 0 Å². The van der Waals surface area contributed by atoms with Crippen LogP contribution in [0.1, 0.15) is 36.6 Å². The van der Waals surface area contributed by atoms with Crippen LogP contribution in [0.15, 0.2) is 54.5 Å². The summed E-state index contributed by atoms with van der Waals surface area (Å²) in [6.07, 6.45) is 1.52. The number of ketones is 1. The number of halogens is 4. The summed E-state index contributed by atoms with van der Waals surface area (Å²) < 4.78 is 60.0. The summed E-state index contributed by atoms with van der Waals surface area (Å²) in [5.41, 5.74) is 1.47. The number of ether oxygens (including phenoxy) is 1. The topological polar surface area (TPSA) is 92.7 Å². The van der Waals surface area contributed by atoms with Crippen molar-refractivity contribution in [3.8, 4) is 0 Å². The molecule has 40 heavy (non-hydrogen) atoms. The van der Waals surface area contributed by atoms with Gasteiger partial charge in [-0.15, -0.1) is 0 Å². The van der Waals surface area contributed by atoms with Crippen LogP contribution in [0.5, 0.6) is 0 Å². The van der Waals surface area contributed by atoms with Crippen LogP contribution in [-0.4, -0.2) is 68.5 Å². The first-order valence-electron chi connectivity index (χ1n) is 12.7. The lowest BCUT2D eigenvalue weighted by molar-refractivity contribution is -0.187. The number of aromatic nitrogens is 2. The number of aryl methyl sites for hydroxylation is 1. The number of hydrogen-bond acceptors (Lipinski definition) is 6. The van der Waals surface area contributed by atoms with E-state index >= 15 is 0 Å². The van der Waals surface area contributed by atoms with E-state index in [9.17, 15) is 31.9 Å². The average molecular weight is 559 g/mol. The highest BCUT2D eigenvalue weighted by molar-refractivity contribution is 6.24. The van der Waals surface area contributed by atoms with Gasteiger partial charge in [-0.2, -0.15) is 13.2 Å². The van der Waals surface area contributed by atoms with Crippen LogP contribution in [-0.2, 0) is 20.9 Å². The monoisotopic (exact) mass is 558 g/mol. The molecular weight excluding hydrogens is 532 g/mol. The molecule has 1 saturated carbocycles.